The number of carbonyl (C=O) groups excluding carboxylic acids is 1. The largest absolute Gasteiger partial charge is 0.464 e. The second-order valence-corrected chi connectivity index (χ2v) is 9.08. The Morgan fingerprint density at radius 1 is 1.19 bits per heavy atom. The summed E-state index contributed by atoms with van der Waals surface area (Å²) in [6.07, 6.45) is 0. The number of amides is 1. The number of nitrogens with zero attached hydrogens (tertiary/aromatic N) is 1. The zero-order valence-corrected chi connectivity index (χ0v) is 17.7. The molecule has 148 valence electrons. The summed E-state index contributed by atoms with van der Waals surface area (Å²) in [5.74, 6) is 1.05. The molecular formula is C19H25ClN2O4S. The summed E-state index contributed by atoms with van der Waals surface area (Å²) < 4.78 is 32.9. The fourth-order valence-electron chi connectivity index (χ4n) is 2.60. The van der Waals surface area contributed by atoms with E-state index >= 15 is 0 Å². The lowest BCUT2D eigenvalue weighted by atomic mass is 10.1. The van der Waals surface area contributed by atoms with Crippen LogP contribution in [0.3, 0.4) is 0 Å². The number of furan rings is 1. The minimum Gasteiger partial charge on any atom is -0.464 e. The zero-order chi connectivity index (χ0) is 20.4. The van der Waals surface area contributed by atoms with Gasteiger partial charge in [0, 0.05) is 12.1 Å². The van der Waals surface area contributed by atoms with Crippen LogP contribution in [0.1, 0.15) is 49.6 Å². The highest BCUT2D eigenvalue weighted by molar-refractivity contribution is 7.89. The molecule has 1 aromatic heterocycles. The first-order valence-corrected chi connectivity index (χ1v) is 10.6. The number of aryl methyl sites for hydroxylation is 1. The molecule has 0 aliphatic carbocycles. The minimum absolute atomic E-state index is 0.00139. The Hall–Kier alpha value is -1.83. The van der Waals surface area contributed by atoms with Gasteiger partial charge in [-0.1, -0.05) is 11.6 Å². The molecule has 2 rings (SSSR count). The van der Waals surface area contributed by atoms with Crippen molar-refractivity contribution in [2.75, 3.05) is 0 Å². The first-order valence-electron chi connectivity index (χ1n) is 8.69. The smallest absolute Gasteiger partial charge is 0.256 e. The van der Waals surface area contributed by atoms with Gasteiger partial charge >= 0.3 is 0 Å². The Labute approximate surface area is 165 Å². The Morgan fingerprint density at radius 3 is 2.37 bits per heavy atom. The average Bonchev–Trinajstić information content (AvgIpc) is 2.96. The predicted octanol–water partition coefficient (Wildman–Crippen LogP) is 3.98. The van der Waals surface area contributed by atoms with Crippen LogP contribution in [0.5, 0.6) is 0 Å². The maximum atomic E-state index is 13.1. The molecule has 1 aromatic carbocycles. The second kappa shape index (κ2) is 8.46. The van der Waals surface area contributed by atoms with Crippen molar-refractivity contribution in [2.24, 2.45) is 0 Å². The van der Waals surface area contributed by atoms with Crippen molar-refractivity contribution in [3.05, 3.63) is 52.4 Å². The lowest BCUT2D eigenvalue weighted by molar-refractivity contribution is 0.0675. The summed E-state index contributed by atoms with van der Waals surface area (Å²) >= 11 is 6.22. The lowest BCUT2D eigenvalue weighted by Gasteiger charge is -2.26. The van der Waals surface area contributed by atoms with Crippen molar-refractivity contribution < 1.29 is 17.6 Å². The van der Waals surface area contributed by atoms with Gasteiger partial charge in [0.1, 0.15) is 11.5 Å². The Balaban J connectivity index is 2.39. The maximum absolute atomic E-state index is 13.1. The average molecular weight is 413 g/mol. The molecule has 0 bridgehead atoms. The van der Waals surface area contributed by atoms with E-state index in [-0.39, 0.29) is 40.0 Å². The summed E-state index contributed by atoms with van der Waals surface area (Å²) in [7, 11) is -3.73. The van der Waals surface area contributed by atoms with Crippen molar-refractivity contribution in [3.63, 3.8) is 0 Å². The van der Waals surface area contributed by atoms with E-state index in [4.69, 9.17) is 16.0 Å². The summed E-state index contributed by atoms with van der Waals surface area (Å²) in [5.41, 5.74) is 0.139. The monoisotopic (exact) mass is 412 g/mol. The number of hydrogen-bond donors (Lipinski definition) is 1. The molecule has 0 unspecified atom stereocenters. The SMILES string of the molecule is Cc1ccc(CN(C(=O)c2cc(S(=O)(=O)NC(C)C)ccc2Cl)C(C)C)o1. The van der Waals surface area contributed by atoms with Gasteiger partial charge in [0.05, 0.1) is 22.0 Å². The number of sulfonamides is 1. The summed E-state index contributed by atoms with van der Waals surface area (Å²) in [4.78, 5) is 14.7. The molecule has 2 aromatic rings. The number of nitrogens with one attached hydrogen (secondary N) is 1. The Bertz CT molecular complexity index is 920. The van der Waals surface area contributed by atoms with Crippen LogP contribution in [0.15, 0.2) is 39.6 Å². The molecule has 0 saturated heterocycles. The van der Waals surface area contributed by atoms with Gasteiger partial charge in [-0.15, -0.1) is 0 Å². The molecule has 0 atom stereocenters. The van der Waals surface area contributed by atoms with E-state index in [2.05, 4.69) is 4.72 Å². The zero-order valence-electron chi connectivity index (χ0n) is 16.1. The van der Waals surface area contributed by atoms with Crippen LogP contribution in [0.4, 0.5) is 0 Å². The van der Waals surface area contributed by atoms with Gasteiger partial charge < -0.3 is 9.32 Å². The molecule has 0 fully saturated rings. The normalized spacial score (nSPS) is 12.0. The summed E-state index contributed by atoms with van der Waals surface area (Å²) in [5, 5.41) is 0.199. The van der Waals surface area contributed by atoms with E-state index in [1.54, 1.807) is 18.7 Å². The van der Waals surface area contributed by atoms with Crippen LogP contribution < -0.4 is 4.72 Å². The molecule has 1 N–H and O–H groups in total. The van der Waals surface area contributed by atoms with Crippen LogP contribution >= 0.6 is 11.6 Å². The molecule has 27 heavy (non-hydrogen) atoms. The second-order valence-electron chi connectivity index (χ2n) is 6.96. The fourth-order valence-corrected chi connectivity index (χ4v) is 4.07. The molecule has 1 amide bonds. The highest BCUT2D eigenvalue weighted by Crippen LogP contribution is 2.24. The third kappa shape index (κ3) is 5.34. The number of carbonyl (C=O) groups is 1. The van der Waals surface area contributed by atoms with E-state index in [0.29, 0.717) is 5.76 Å². The Morgan fingerprint density at radius 2 is 1.85 bits per heavy atom. The molecule has 8 heteroatoms. The Kier molecular flexibility index (Phi) is 6.72. The quantitative estimate of drug-likeness (QED) is 0.745. The van der Waals surface area contributed by atoms with Crippen molar-refractivity contribution in [1.82, 2.24) is 9.62 Å². The lowest BCUT2D eigenvalue weighted by Crippen LogP contribution is -2.36. The van der Waals surface area contributed by atoms with Crippen LogP contribution in [0.2, 0.25) is 5.02 Å². The number of rotatable bonds is 7. The van der Waals surface area contributed by atoms with Crippen molar-refractivity contribution in [3.8, 4) is 0 Å². The van der Waals surface area contributed by atoms with Gasteiger partial charge in [0.2, 0.25) is 10.0 Å². The van der Waals surface area contributed by atoms with Crippen molar-refractivity contribution in [1.29, 1.82) is 0 Å². The third-order valence-electron chi connectivity index (χ3n) is 3.88. The van der Waals surface area contributed by atoms with E-state index in [9.17, 15) is 13.2 Å². The van der Waals surface area contributed by atoms with Crippen LogP contribution in [-0.2, 0) is 16.6 Å². The topological polar surface area (TPSA) is 79.6 Å². The van der Waals surface area contributed by atoms with Gasteiger partial charge in [0.25, 0.3) is 5.91 Å². The third-order valence-corrected chi connectivity index (χ3v) is 5.86. The standard InChI is InChI=1S/C19H25ClN2O4S/c1-12(2)21-27(24,25)16-8-9-18(20)17(10-16)19(23)22(13(3)4)11-15-7-6-14(5)26-15/h6-10,12-13,21H,11H2,1-5H3. The molecule has 6 nitrogen and oxygen atoms in total. The van der Waals surface area contributed by atoms with Crippen molar-refractivity contribution in [2.45, 2.75) is 58.1 Å². The van der Waals surface area contributed by atoms with Gasteiger partial charge in [-0.3, -0.25) is 4.79 Å². The fraction of sp³-hybridized carbons (Fsp3) is 0.421. The highest BCUT2D eigenvalue weighted by Gasteiger charge is 2.25. The molecular weight excluding hydrogens is 388 g/mol. The molecule has 0 spiro atoms. The number of hydrogen-bond acceptors (Lipinski definition) is 4. The summed E-state index contributed by atoms with van der Waals surface area (Å²) in [6, 6.07) is 7.38. The molecule has 0 aliphatic rings. The maximum Gasteiger partial charge on any atom is 0.256 e. The molecule has 0 aliphatic heterocycles. The van der Waals surface area contributed by atoms with Crippen LogP contribution in [-0.4, -0.2) is 31.3 Å². The van der Waals surface area contributed by atoms with E-state index in [0.717, 1.165) is 5.76 Å². The van der Waals surface area contributed by atoms with E-state index in [1.807, 2.05) is 32.9 Å². The van der Waals surface area contributed by atoms with Gasteiger partial charge in [-0.2, -0.15) is 0 Å². The predicted molar refractivity (Wildman–Crippen MR) is 105 cm³/mol. The van der Waals surface area contributed by atoms with Gasteiger partial charge in [-0.25, -0.2) is 13.1 Å². The molecule has 0 radical (unpaired) electrons. The minimum atomic E-state index is -3.73. The highest BCUT2D eigenvalue weighted by atomic mass is 35.5. The van der Waals surface area contributed by atoms with Gasteiger partial charge in [-0.05, 0) is 65.0 Å². The van der Waals surface area contributed by atoms with E-state index in [1.165, 1.54) is 18.2 Å². The van der Waals surface area contributed by atoms with Crippen molar-refractivity contribution >= 4 is 27.5 Å². The number of benzene rings is 1. The van der Waals surface area contributed by atoms with E-state index < -0.39 is 10.0 Å². The molecule has 0 saturated carbocycles. The number of halogens is 1. The first-order chi connectivity index (χ1) is 12.5. The van der Waals surface area contributed by atoms with Crippen LogP contribution in [0, 0.1) is 6.92 Å². The molecule has 1 heterocycles. The van der Waals surface area contributed by atoms with Crippen LogP contribution in [0.25, 0.3) is 0 Å². The summed E-state index contributed by atoms with van der Waals surface area (Å²) in [6.45, 7) is 9.31. The van der Waals surface area contributed by atoms with Gasteiger partial charge in [0.15, 0.2) is 0 Å². The first kappa shape index (κ1) is 21.5.